The molecule has 0 atom stereocenters. The molecule has 0 aliphatic rings. The molecule has 0 bridgehead atoms. The van der Waals surface area contributed by atoms with Gasteiger partial charge in [-0.05, 0) is 29.8 Å². The minimum absolute atomic E-state index is 0.114. The fraction of sp³-hybridized carbons (Fsp3) is 0.200. The topological polar surface area (TPSA) is 53.7 Å². The number of nitrogens with two attached hydrogens (primary N) is 1. The van der Waals surface area contributed by atoms with Crippen LogP contribution in [0.25, 0.3) is 0 Å². The van der Waals surface area contributed by atoms with E-state index in [1.54, 1.807) is 38.5 Å². The predicted octanol–water partition coefficient (Wildman–Crippen LogP) is 3.00. The van der Waals surface area contributed by atoms with Crippen molar-refractivity contribution >= 4 is 5.69 Å². The molecule has 2 rings (SSSR count). The summed E-state index contributed by atoms with van der Waals surface area (Å²) in [5.74, 6) is 1.13. The van der Waals surface area contributed by atoms with Gasteiger partial charge in [0.15, 0.2) is 11.5 Å². The first-order chi connectivity index (χ1) is 9.65. The Morgan fingerprint density at radius 1 is 1.05 bits per heavy atom. The largest absolute Gasteiger partial charge is 0.493 e. The van der Waals surface area contributed by atoms with Gasteiger partial charge in [-0.2, -0.15) is 0 Å². The summed E-state index contributed by atoms with van der Waals surface area (Å²) in [6.07, 6.45) is 0. The zero-order valence-electron chi connectivity index (χ0n) is 11.4. The second-order valence-corrected chi connectivity index (χ2v) is 4.14. The predicted molar refractivity (Wildman–Crippen MR) is 74.7 cm³/mol. The van der Waals surface area contributed by atoms with E-state index in [9.17, 15) is 4.39 Å². The lowest BCUT2D eigenvalue weighted by molar-refractivity contribution is 0.265. The first kappa shape index (κ1) is 14.0. The van der Waals surface area contributed by atoms with Gasteiger partial charge in [0.25, 0.3) is 0 Å². The molecule has 0 saturated heterocycles. The molecule has 20 heavy (non-hydrogen) atoms. The van der Waals surface area contributed by atoms with Gasteiger partial charge >= 0.3 is 0 Å². The van der Waals surface area contributed by atoms with Gasteiger partial charge in [0.05, 0.1) is 19.9 Å². The molecule has 106 valence electrons. The highest BCUT2D eigenvalue weighted by Gasteiger charge is 2.11. The van der Waals surface area contributed by atoms with Crippen molar-refractivity contribution in [3.05, 3.63) is 47.8 Å². The molecule has 2 N–H and O–H groups in total. The fourth-order valence-corrected chi connectivity index (χ4v) is 1.78. The average molecular weight is 277 g/mol. The minimum Gasteiger partial charge on any atom is -0.493 e. The van der Waals surface area contributed by atoms with Crippen LogP contribution in [0.1, 0.15) is 5.56 Å². The summed E-state index contributed by atoms with van der Waals surface area (Å²) in [6, 6.07) is 9.89. The molecule has 0 radical (unpaired) electrons. The van der Waals surface area contributed by atoms with Gasteiger partial charge in [-0.3, -0.25) is 0 Å². The quantitative estimate of drug-likeness (QED) is 0.854. The van der Waals surface area contributed by atoms with Crippen LogP contribution in [0, 0.1) is 5.82 Å². The first-order valence-electron chi connectivity index (χ1n) is 6.03. The molecule has 0 aromatic heterocycles. The molecule has 0 fully saturated rings. The third-order valence-corrected chi connectivity index (χ3v) is 2.83. The first-order valence-corrected chi connectivity index (χ1v) is 6.03. The van der Waals surface area contributed by atoms with E-state index in [-0.39, 0.29) is 12.3 Å². The Kier molecular flexibility index (Phi) is 4.30. The van der Waals surface area contributed by atoms with Crippen LogP contribution in [-0.4, -0.2) is 14.2 Å². The third-order valence-electron chi connectivity index (χ3n) is 2.83. The number of rotatable bonds is 5. The highest BCUT2D eigenvalue weighted by atomic mass is 19.1. The summed E-state index contributed by atoms with van der Waals surface area (Å²) in [5.41, 5.74) is 6.22. The van der Waals surface area contributed by atoms with Crippen molar-refractivity contribution in [3.8, 4) is 17.2 Å². The van der Waals surface area contributed by atoms with E-state index in [0.717, 1.165) is 0 Å². The number of ether oxygens (including phenoxy) is 3. The standard InChI is InChI=1S/C15H16FNO3/c1-18-13-4-3-5-14(19-2)15(13)20-9-10-6-7-12(17)11(16)8-10/h3-8H,9,17H2,1-2H3. The summed E-state index contributed by atoms with van der Waals surface area (Å²) >= 11 is 0. The average Bonchev–Trinajstić information content (AvgIpc) is 2.48. The summed E-state index contributed by atoms with van der Waals surface area (Å²) in [4.78, 5) is 0. The lowest BCUT2D eigenvalue weighted by Crippen LogP contribution is -2.01. The molecule has 0 unspecified atom stereocenters. The van der Waals surface area contributed by atoms with Crippen LogP contribution >= 0.6 is 0 Å². The van der Waals surface area contributed by atoms with E-state index in [0.29, 0.717) is 22.8 Å². The van der Waals surface area contributed by atoms with E-state index >= 15 is 0 Å². The molecule has 2 aromatic carbocycles. The van der Waals surface area contributed by atoms with Crippen molar-refractivity contribution in [1.29, 1.82) is 0 Å². The molecule has 4 nitrogen and oxygen atoms in total. The van der Waals surface area contributed by atoms with Crippen molar-refractivity contribution in [1.82, 2.24) is 0 Å². The third kappa shape index (κ3) is 2.93. The zero-order chi connectivity index (χ0) is 14.5. The lowest BCUT2D eigenvalue weighted by Gasteiger charge is -2.14. The highest BCUT2D eigenvalue weighted by Crippen LogP contribution is 2.37. The second-order valence-electron chi connectivity index (χ2n) is 4.14. The Hall–Kier alpha value is -2.43. The van der Waals surface area contributed by atoms with Crippen LogP contribution in [0.4, 0.5) is 10.1 Å². The Morgan fingerprint density at radius 2 is 1.70 bits per heavy atom. The molecule has 0 saturated carbocycles. The molecule has 0 spiro atoms. The number of para-hydroxylation sites is 1. The molecular weight excluding hydrogens is 261 g/mol. The van der Waals surface area contributed by atoms with Crippen LogP contribution < -0.4 is 19.9 Å². The number of hydrogen-bond acceptors (Lipinski definition) is 4. The summed E-state index contributed by atoms with van der Waals surface area (Å²) in [7, 11) is 3.09. The van der Waals surface area contributed by atoms with Crippen LogP contribution in [0.2, 0.25) is 0 Å². The number of anilines is 1. The molecule has 0 aliphatic heterocycles. The van der Waals surface area contributed by atoms with Gasteiger partial charge in [-0.25, -0.2) is 4.39 Å². The smallest absolute Gasteiger partial charge is 0.203 e. The molecule has 0 heterocycles. The zero-order valence-corrected chi connectivity index (χ0v) is 11.4. The molecule has 0 amide bonds. The number of halogens is 1. The van der Waals surface area contributed by atoms with E-state index in [4.69, 9.17) is 19.9 Å². The summed E-state index contributed by atoms with van der Waals surface area (Å²) < 4.78 is 29.5. The van der Waals surface area contributed by atoms with Crippen molar-refractivity contribution in [3.63, 3.8) is 0 Å². The Morgan fingerprint density at radius 3 is 2.25 bits per heavy atom. The normalized spacial score (nSPS) is 10.2. The van der Waals surface area contributed by atoms with Crippen molar-refractivity contribution in [2.24, 2.45) is 0 Å². The SMILES string of the molecule is COc1cccc(OC)c1OCc1ccc(N)c(F)c1. The van der Waals surface area contributed by atoms with Gasteiger partial charge in [0.1, 0.15) is 12.4 Å². The Bertz CT molecular complexity index is 579. The van der Waals surface area contributed by atoms with Crippen LogP contribution in [0.15, 0.2) is 36.4 Å². The highest BCUT2D eigenvalue weighted by molar-refractivity contribution is 5.51. The second kappa shape index (κ2) is 6.14. The Labute approximate surface area is 116 Å². The van der Waals surface area contributed by atoms with E-state index in [1.165, 1.54) is 12.1 Å². The summed E-state index contributed by atoms with van der Waals surface area (Å²) in [6.45, 7) is 0.188. The molecule has 0 aliphatic carbocycles. The van der Waals surface area contributed by atoms with Gasteiger partial charge in [-0.1, -0.05) is 12.1 Å². The van der Waals surface area contributed by atoms with Crippen molar-refractivity contribution in [2.75, 3.05) is 20.0 Å². The maximum atomic E-state index is 13.4. The van der Waals surface area contributed by atoms with Gasteiger partial charge in [-0.15, -0.1) is 0 Å². The monoisotopic (exact) mass is 277 g/mol. The maximum absolute atomic E-state index is 13.4. The number of benzene rings is 2. The minimum atomic E-state index is -0.460. The van der Waals surface area contributed by atoms with Crippen LogP contribution in [-0.2, 0) is 6.61 Å². The van der Waals surface area contributed by atoms with E-state index in [2.05, 4.69) is 0 Å². The van der Waals surface area contributed by atoms with Gasteiger partial charge in [0.2, 0.25) is 5.75 Å². The van der Waals surface area contributed by atoms with Crippen LogP contribution in [0.5, 0.6) is 17.2 Å². The number of nitrogen functional groups attached to an aromatic ring is 1. The number of methoxy groups -OCH3 is 2. The molecule has 5 heteroatoms. The van der Waals surface area contributed by atoms with Gasteiger partial charge < -0.3 is 19.9 Å². The van der Waals surface area contributed by atoms with E-state index in [1.807, 2.05) is 0 Å². The van der Waals surface area contributed by atoms with E-state index < -0.39 is 5.82 Å². The van der Waals surface area contributed by atoms with Crippen LogP contribution in [0.3, 0.4) is 0 Å². The Balaban J connectivity index is 2.19. The number of hydrogen-bond donors (Lipinski definition) is 1. The lowest BCUT2D eigenvalue weighted by atomic mass is 10.2. The molecule has 2 aromatic rings. The van der Waals surface area contributed by atoms with Crippen molar-refractivity contribution in [2.45, 2.75) is 6.61 Å². The van der Waals surface area contributed by atoms with Gasteiger partial charge in [0, 0.05) is 0 Å². The van der Waals surface area contributed by atoms with Crippen molar-refractivity contribution < 1.29 is 18.6 Å². The maximum Gasteiger partial charge on any atom is 0.203 e. The molecular formula is C15H16FNO3. The summed E-state index contributed by atoms with van der Waals surface area (Å²) in [5, 5.41) is 0. The fourth-order valence-electron chi connectivity index (χ4n) is 1.78.